The molecule has 1 heteroatoms. The molecule has 1 aromatic carbocycles. The molecule has 2 rings (SSSR count). The Bertz CT molecular complexity index is 333. The molecule has 1 saturated carbocycles. The Morgan fingerprint density at radius 3 is 2.53 bits per heavy atom. The third-order valence-electron chi connectivity index (χ3n) is 4.47. The summed E-state index contributed by atoms with van der Waals surface area (Å²) in [5.74, 6) is 1.67. The van der Waals surface area contributed by atoms with Gasteiger partial charge in [0, 0.05) is 12.1 Å². The van der Waals surface area contributed by atoms with Crippen molar-refractivity contribution >= 4 is 0 Å². The Kier molecular flexibility index (Phi) is 4.22. The second-order valence-electron chi connectivity index (χ2n) is 5.67. The monoisotopic (exact) mass is 231 g/mol. The molecule has 94 valence electrons. The first-order valence-corrected chi connectivity index (χ1v) is 6.99. The van der Waals surface area contributed by atoms with Gasteiger partial charge in [-0.1, -0.05) is 57.0 Å². The van der Waals surface area contributed by atoms with Crippen LogP contribution in [0.25, 0.3) is 0 Å². The largest absolute Gasteiger partial charge is 0.307 e. The van der Waals surface area contributed by atoms with Gasteiger partial charge >= 0.3 is 0 Å². The predicted molar refractivity (Wildman–Crippen MR) is 74.0 cm³/mol. The lowest BCUT2D eigenvalue weighted by molar-refractivity contribution is 0.196. The number of benzene rings is 1. The lowest BCUT2D eigenvalue weighted by Crippen LogP contribution is -2.41. The van der Waals surface area contributed by atoms with Gasteiger partial charge in [-0.05, 0) is 30.7 Å². The summed E-state index contributed by atoms with van der Waals surface area (Å²) < 4.78 is 0. The van der Waals surface area contributed by atoms with Crippen LogP contribution >= 0.6 is 0 Å². The molecule has 1 nitrogen and oxygen atoms in total. The van der Waals surface area contributed by atoms with Crippen molar-refractivity contribution in [3.63, 3.8) is 0 Å². The Morgan fingerprint density at radius 1 is 1.12 bits per heavy atom. The Hall–Kier alpha value is -0.820. The number of hydrogen-bond donors (Lipinski definition) is 1. The Morgan fingerprint density at radius 2 is 1.82 bits per heavy atom. The molecule has 0 saturated heterocycles. The van der Waals surface area contributed by atoms with Crippen LogP contribution in [-0.4, -0.2) is 6.04 Å². The van der Waals surface area contributed by atoms with Crippen LogP contribution in [0.2, 0.25) is 0 Å². The molecule has 0 aliphatic heterocycles. The van der Waals surface area contributed by atoms with E-state index in [1.165, 1.54) is 24.8 Å². The van der Waals surface area contributed by atoms with Crippen LogP contribution in [0.3, 0.4) is 0 Å². The standard InChI is InChI=1S/C16H25N/c1-12-8-7-11-16(13(12)2)17-14(3)15-9-5-4-6-10-15/h4-6,9-10,12-14,16-17H,7-8,11H2,1-3H3/t12?,13?,14-,16?/m1/s1. The lowest BCUT2D eigenvalue weighted by atomic mass is 9.77. The number of hydrogen-bond acceptors (Lipinski definition) is 1. The van der Waals surface area contributed by atoms with E-state index >= 15 is 0 Å². The fourth-order valence-electron chi connectivity index (χ4n) is 2.98. The van der Waals surface area contributed by atoms with Crippen LogP contribution in [0.1, 0.15) is 51.6 Å². The first-order chi connectivity index (χ1) is 8.18. The van der Waals surface area contributed by atoms with E-state index in [0.717, 1.165) is 11.8 Å². The normalized spacial score (nSPS) is 31.1. The first kappa shape index (κ1) is 12.6. The van der Waals surface area contributed by atoms with Crippen molar-refractivity contribution in [2.75, 3.05) is 0 Å². The minimum absolute atomic E-state index is 0.467. The van der Waals surface area contributed by atoms with Gasteiger partial charge in [-0.2, -0.15) is 0 Å². The van der Waals surface area contributed by atoms with E-state index in [1.807, 2.05) is 0 Å². The van der Waals surface area contributed by atoms with Crippen LogP contribution in [-0.2, 0) is 0 Å². The van der Waals surface area contributed by atoms with Crippen molar-refractivity contribution < 1.29 is 0 Å². The summed E-state index contributed by atoms with van der Waals surface area (Å²) in [4.78, 5) is 0. The van der Waals surface area contributed by atoms with Crippen LogP contribution < -0.4 is 5.32 Å². The molecule has 0 aromatic heterocycles. The molecule has 1 aliphatic carbocycles. The first-order valence-electron chi connectivity index (χ1n) is 6.99. The van der Waals surface area contributed by atoms with E-state index in [9.17, 15) is 0 Å². The minimum atomic E-state index is 0.467. The van der Waals surface area contributed by atoms with Gasteiger partial charge in [0.2, 0.25) is 0 Å². The molecule has 0 bridgehead atoms. The van der Waals surface area contributed by atoms with Gasteiger partial charge in [0.15, 0.2) is 0 Å². The van der Waals surface area contributed by atoms with Gasteiger partial charge in [0.05, 0.1) is 0 Å². The molecule has 0 spiro atoms. The number of nitrogens with one attached hydrogen (secondary N) is 1. The zero-order chi connectivity index (χ0) is 12.3. The highest BCUT2D eigenvalue weighted by atomic mass is 15.0. The highest BCUT2D eigenvalue weighted by Crippen LogP contribution is 2.30. The fourth-order valence-corrected chi connectivity index (χ4v) is 2.98. The van der Waals surface area contributed by atoms with E-state index in [1.54, 1.807) is 0 Å². The average Bonchev–Trinajstić information content (AvgIpc) is 2.36. The van der Waals surface area contributed by atoms with Gasteiger partial charge in [-0.3, -0.25) is 0 Å². The van der Waals surface area contributed by atoms with Crippen molar-refractivity contribution in [3.8, 4) is 0 Å². The maximum atomic E-state index is 3.82. The van der Waals surface area contributed by atoms with Crippen molar-refractivity contribution in [2.45, 2.75) is 52.1 Å². The molecule has 1 aromatic rings. The van der Waals surface area contributed by atoms with E-state index in [4.69, 9.17) is 0 Å². The third kappa shape index (κ3) is 3.10. The average molecular weight is 231 g/mol. The summed E-state index contributed by atoms with van der Waals surface area (Å²) in [7, 11) is 0. The second kappa shape index (κ2) is 5.68. The summed E-state index contributed by atoms with van der Waals surface area (Å²) in [5, 5.41) is 3.82. The maximum Gasteiger partial charge on any atom is 0.0294 e. The second-order valence-corrected chi connectivity index (χ2v) is 5.67. The topological polar surface area (TPSA) is 12.0 Å². The van der Waals surface area contributed by atoms with Gasteiger partial charge in [0.25, 0.3) is 0 Å². The third-order valence-corrected chi connectivity index (χ3v) is 4.47. The van der Waals surface area contributed by atoms with E-state index < -0.39 is 0 Å². The summed E-state index contributed by atoms with van der Waals surface area (Å²) >= 11 is 0. The van der Waals surface area contributed by atoms with Crippen LogP contribution in [0.15, 0.2) is 30.3 Å². The van der Waals surface area contributed by atoms with Gasteiger partial charge < -0.3 is 5.32 Å². The van der Waals surface area contributed by atoms with E-state index in [2.05, 4.69) is 56.4 Å². The zero-order valence-corrected chi connectivity index (χ0v) is 11.3. The smallest absolute Gasteiger partial charge is 0.0294 e. The molecular weight excluding hydrogens is 206 g/mol. The molecular formula is C16H25N. The highest BCUT2D eigenvalue weighted by Gasteiger charge is 2.27. The van der Waals surface area contributed by atoms with Gasteiger partial charge in [-0.15, -0.1) is 0 Å². The van der Waals surface area contributed by atoms with Crippen LogP contribution in [0.4, 0.5) is 0 Å². The molecule has 17 heavy (non-hydrogen) atoms. The molecule has 0 heterocycles. The van der Waals surface area contributed by atoms with Gasteiger partial charge in [-0.25, -0.2) is 0 Å². The lowest BCUT2D eigenvalue weighted by Gasteiger charge is -2.36. The van der Waals surface area contributed by atoms with Crippen molar-refractivity contribution in [1.29, 1.82) is 0 Å². The summed E-state index contributed by atoms with van der Waals surface area (Å²) in [6.45, 7) is 7.08. The van der Waals surface area contributed by atoms with Crippen LogP contribution in [0, 0.1) is 11.8 Å². The quantitative estimate of drug-likeness (QED) is 0.823. The van der Waals surface area contributed by atoms with E-state index in [-0.39, 0.29) is 0 Å². The molecule has 1 aliphatic rings. The van der Waals surface area contributed by atoms with Crippen molar-refractivity contribution in [1.82, 2.24) is 5.32 Å². The van der Waals surface area contributed by atoms with E-state index in [0.29, 0.717) is 12.1 Å². The molecule has 3 unspecified atom stereocenters. The zero-order valence-electron chi connectivity index (χ0n) is 11.3. The SMILES string of the molecule is CC1CCCC(N[C@H](C)c2ccccc2)C1C. The summed E-state index contributed by atoms with van der Waals surface area (Å²) in [6.07, 6.45) is 4.12. The van der Waals surface area contributed by atoms with Crippen LogP contribution in [0.5, 0.6) is 0 Å². The summed E-state index contributed by atoms with van der Waals surface area (Å²) in [5.41, 5.74) is 1.40. The molecule has 0 amide bonds. The maximum absolute atomic E-state index is 3.82. The molecule has 1 N–H and O–H groups in total. The summed E-state index contributed by atoms with van der Waals surface area (Å²) in [6, 6.07) is 11.9. The molecule has 0 radical (unpaired) electrons. The Balaban J connectivity index is 1.96. The molecule has 1 fully saturated rings. The number of rotatable bonds is 3. The van der Waals surface area contributed by atoms with Crippen molar-refractivity contribution in [3.05, 3.63) is 35.9 Å². The predicted octanol–water partition coefficient (Wildman–Crippen LogP) is 4.16. The fraction of sp³-hybridized carbons (Fsp3) is 0.625. The van der Waals surface area contributed by atoms with Gasteiger partial charge in [0.1, 0.15) is 0 Å². The minimum Gasteiger partial charge on any atom is -0.307 e. The van der Waals surface area contributed by atoms with Crippen molar-refractivity contribution in [2.24, 2.45) is 11.8 Å². The Labute approximate surface area is 106 Å². The highest BCUT2D eigenvalue weighted by molar-refractivity contribution is 5.18. The molecule has 4 atom stereocenters.